The third kappa shape index (κ3) is 3.75. The van der Waals surface area contributed by atoms with Crippen LogP contribution < -0.4 is 5.32 Å². The maximum absolute atomic E-state index is 11.2. The van der Waals surface area contributed by atoms with E-state index in [1.165, 1.54) is 23.6 Å². The minimum absolute atomic E-state index is 0.0606. The van der Waals surface area contributed by atoms with E-state index in [0.717, 1.165) is 29.8 Å². The number of hydrogen-bond acceptors (Lipinski definition) is 2. The Morgan fingerprint density at radius 1 is 1.22 bits per heavy atom. The van der Waals surface area contributed by atoms with Gasteiger partial charge in [-0.2, -0.15) is 0 Å². The lowest BCUT2D eigenvalue weighted by Crippen LogP contribution is -2.05. The Hall–Kier alpha value is -2.68. The summed E-state index contributed by atoms with van der Waals surface area (Å²) in [4.78, 5) is 15.8. The van der Waals surface area contributed by atoms with E-state index < -0.39 is 0 Å². The predicted molar refractivity (Wildman–Crippen MR) is 94.9 cm³/mol. The summed E-state index contributed by atoms with van der Waals surface area (Å²) in [5.74, 6) is -0.0606. The lowest BCUT2D eigenvalue weighted by molar-refractivity contribution is -0.114. The van der Waals surface area contributed by atoms with E-state index in [2.05, 4.69) is 35.4 Å². The quantitative estimate of drug-likeness (QED) is 0.889. The monoisotopic (exact) mass is 304 g/mol. The Bertz CT molecular complexity index is 803. The Morgan fingerprint density at radius 2 is 2.09 bits per heavy atom. The number of fused-ring (bicyclic) bond motifs is 1. The van der Waals surface area contributed by atoms with Crippen molar-refractivity contribution in [2.75, 3.05) is 5.32 Å². The Kier molecular flexibility index (Phi) is 4.38. The van der Waals surface area contributed by atoms with E-state index >= 15 is 0 Å². The molecule has 116 valence electrons. The van der Waals surface area contributed by atoms with Crippen molar-refractivity contribution in [3.63, 3.8) is 0 Å². The lowest BCUT2D eigenvalue weighted by atomic mass is 10.0. The summed E-state index contributed by atoms with van der Waals surface area (Å²) >= 11 is 0. The van der Waals surface area contributed by atoms with E-state index in [4.69, 9.17) is 0 Å². The molecule has 1 aliphatic carbocycles. The topological polar surface area (TPSA) is 42.0 Å². The molecular weight excluding hydrogens is 284 g/mol. The molecule has 0 fully saturated rings. The fourth-order valence-electron chi connectivity index (χ4n) is 2.84. The summed E-state index contributed by atoms with van der Waals surface area (Å²) in [5, 5.41) is 2.83. The molecule has 2 aromatic rings. The number of rotatable bonds is 2. The van der Waals surface area contributed by atoms with Crippen LogP contribution in [-0.4, -0.2) is 10.9 Å². The molecule has 3 heteroatoms. The highest BCUT2D eigenvalue weighted by atomic mass is 16.1. The molecule has 0 radical (unpaired) electrons. The largest absolute Gasteiger partial charge is 0.326 e. The molecule has 1 amide bonds. The summed E-state index contributed by atoms with van der Waals surface area (Å²) in [7, 11) is 0. The van der Waals surface area contributed by atoms with Gasteiger partial charge in [-0.05, 0) is 55.2 Å². The minimum atomic E-state index is -0.0606. The van der Waals surface area contributed by atoms with Gasteiger partial charge in [-0.25, -0.2) is 0 Å². The van der Waals surface area contributed by atoms with Crippen LogP contribution >= 0.6 is 0 Å². The van der Waals surface area contributed by atoms with Crippen LogP contribution in [0, 0.1) is 0 Å². The average molecular weight is 304 g/mol. The second kappa shape index (κ2) is 6.61. The van der Waals surface area contributed by atoms with Crippen molar-refractivity contribution in [3.8, 4) is 0 Å². The van der Waals surface area contributed by atoms with Gasteiger partial charge in [0.2, 0.25) is 5.91 Å². The van der Waals surface area contributed by atoms with Crippen molar-refractivity contribution in [2.24, 2.45) is 0 Å². The van der Waals surface area contributed by atoms with Crippen LogP contribution in [-0.2, 0) is 11.2 Å². The number of anilines is 1. The molecule has 0 saturated heterocycles. The number of benzene rings is 1. The summed E-state index contributed by atoms with van der Waals surface area (Å²) in [6.45, 7) is 3.68. The van der Waals surface area contributed by atoms with Crippen LogP contribution in [0.4, 0.5) is 5.69 Å². The Labute approximate surface area is 136 Å². The number of aryl methyl sites for hydroxylation is 1. The highest BCUT2D eigenvalue weighted by Gasteiger charge is 2.12. The number of pyridine rings is 1. The van der Waals surface area contributed by atoms with E-state index in [0.29, 0.717) is 0 Å². The zero-order valence-corrected chi connectivity index (χ0v) is 13.5. The number of amides is 1. The number of carbonyl (C=O) groups is 1. The Morgan fingerprint density at radius 3 is 2.91 bits per heavy atom. The predicted octanol–water partition coefficient (Wildman–Crippen LogP) is 4.47. The molecule has 1 aliphatic rings. The summed E-state index contributed by atoms with van der Waals surface area (Å²) < 4.78 is 0. The van der Waals surface area contributed by atoms with Gasteiger partial charge in [0.05, 0.1) is 0 Å². The van der Waals surface area contributed by atoms with Crippen molar-refractivity contribution < 1.29 is 4.79 Å². The lowest BCUT2D eigenvalue weighted by Gasteiger charge is -2.08. The highest BCUT2D eigenvalue weighted by Crippen LogP contribution is 2.29. The molecule has 0 atom stereocenters. The summed E-state index contributed by atoms with van der Waals surface area (Å²) in [6, 6.07) is 12.0. The first-order valence-electron chi connectivity index (χ1n) is 7.82. The van der Waals surface area contributed by atoms with Crippen LogP contribution in [0.25, 0.3) is 11.6 Å². The zero-order valence-electron chi connectivity index (χ0n) is 13.5. The third-order valence-corrected chi connectivity index (χ3v) is 3.89. The fourth-order valence-corrected chi connectivity index (χ4v) is 2.84. The number of nitrogens with one attached hydrogen (secondary N) is 1. The first-order chi connectivity index (χ1) is 11.1. The van der Waals surface area contributed by atoms with Gasteiger partial charge in [0.25, 0.3) is 0 Å². The molecule has 0 bridgehead atoms. The maximum atomic E-state index is 11.2. The summed E-state index contributed by atoms with van der Waals surface area (Å²) in [6.07, 6.45) is 8.25. The van der Waals surface area contributed by atoms with Crippen LogP contribution in [0.3, 0.4) is 0 Å². The van der Waals surface area contributed by atoms with E-state index in [1.54, 1.807) is 0 Å². The van der Waals surface area contributed by atoms with Crippen molar-refractivity contribution in [1.82, 2.24) is 4.98 Å². The molecular formula is C20H20N2O. The fraction of sp³-hybridized carbons (Fsp3) is 0.200. The SMILES string of the molecule is CC(=O)Nc1cccc(/C=C2\C=C(C)CCc3ncccc32)c1. The number of allylic oxidation sites excluding steroid dienone is 3. The third-order valence-electron chi connectivity index (χ3n) is 3.89. The number of aromatic nitrogens is 1. The molecule has 3 rings (SSSR count). The molecule has 23 heavy (non-hydrogen) atoms. The van der Waals surface area contributed by atoms with Crippen LogP contribution in [0.1, 0.15) is 37.1 Å². The van der Waals surface area contributed by atoms with Crippen molar-refractivity contribution >= 4 is 23.2 Å². The van der Waals surface area contributed by atoms with Crippen molar-refractivity contribution in [2.45, 2.75) is 26.7 Å². The van der Waals surface area contributed by atoms with E-state index in [1.807, 2.05) is 36.5 Å². The van der Waals surface area contributed by atoms with Gasteiger partial charge in [-0.15, -0.1) is 0 Å². The molecule has 3 nitrogen and oxygen atoms in total. The first-order valence-corrected chi connectivity index (χ1v) is 7.82. The Balaban J connectivity index is 2.03. The molecule has 0 spiro atoms. The minimum Gasteiger partial charge on any atom is -0.326 e. The molecule has 1 aromatic heterocycles. The molecule has 1 heterocycles. The first kappa shape index (κ1) is 15.2. The highest BCUT2D eigenvalue weighted by molar-refractivity contribution is 5.91. The van der Waals surface area contributed by atoms with Crippen LogP contribution in [0.15, 0.2) is 54.2 Å². The normalized spacial score (nSPS) is 15.6. The van der Waals surface area contributed by atoms with Gasteiger partial charge in [0.15, 0.2) is 0 Å². The summed E-state index contributed by atoms with van der Waals surface area (Å²) in [5.41, 5.74) is 6.73. The van der Waals surface area contributed by atoms with Crippen LogP contribution in [0.5, 0.6) is 0 Å². The number of hydrogen-bond donors (Lipinski definition) is 1. The zero-order chi connectivity index (χ0) is 16.2. The van der Waals surface area contributed by atoms with E-state index in [-0.39, 0.29) is 5.91 Å². The van der Waals surface area contributed by atoms with Gasteiger partial charge in [-0.1, -0.05) is 29.8 Å². The molecule has 1 aromatic carbocycles. The molecule has 0 saturated carbocycles. The standard InChI is InChI=1S/C20H20N2O/c1-14-8-9-20-19(7-4-10-21-20)17(11-14)12-16-5-3-6-18(13-16)22-15(2)23/h3-7,10-13H,8-9H2,1-2H3,(H,22,23)/b17-12+. The van der Waals surface area contributed by atoms with E-state index in [9.17, 15) is 4.79 Å². The van der Waals surface area contributed by atoms with Gasteiger partial charge < -0.3 is 5.32 Å². The molecule has 0 aliphatic heterocycles. The smallest absolute Gasteiger partial charge is 0.221 e. The van der Waals surface area contributed by atoms with Gasteiger partial charge in [0, 0.05) is 30.1 Å². The second-order valence-electron chi connectivity index (χ2n) is 5.89. The van der Waals surface area contributed by atoms with Gasteiger partial charge in [-0.3, -0.25) is 9.78 Å². The van der Waals surface area contributed by atoms with Gasteiger partial charge in [0.1, 0.15) is 0 Å². The second-order valence-corrected chi connectivity index (χ2v) is 5.89. The number of carbonyl (C=O) groups excluding carboxylic acids is 1. The maximum Gasteiger partial charge on any atom is 0.221 e. The van der Waals surface area contributed by atoms with Gasteiger partial charge >= 0.3 is 0 Å². The van der Waals surface area contributed by atoms with Crippen LogP contribution in [0.2, 0.25) is 0 Å². The van der Waals surface area contributed by atoms with Crippen molar-refractivity contribution in [1.29, 1.82) is 0 Å². The van der Waals surface area contributed by atoms with Crippen molar-refractivity contribution in [3.05, 3.63) is 71.1 Å². The average Bonchev–Trinajstić information content (AvgIpc) is 2.67. The molecule has 0 unspecified atom stereocenters. The number of nitrogens with zero attached hydrogens (tertiary/aromatic N) is 1. The molecule has 1 N–H and O–H groups in total.